The number of nitriles is 1. The molecule has 0 aromatic heterocycles. The molecular weight excluding hydrogens is 350 g/mol. The summed E-state index contributed by atoms with van der Waals surface area (Å²) in [7, 11) is 0. The van der Waals surface area contributed by atoms with E-state index in [4.69, 9.17) is 5.26 Å². The van der Waals surface area contributed by atoms with Gasteiger partial charge in [0.1, 0.15) is 11.6 Å². The van der Waals surface area contributed by atoms with Gasteiger partial charge in [0.2, 0.25) is 5.91 Å². The minimum atomic E-state index is -0.626. The van der Waals surface area contributed by atoms with Gasteiger partial charge in [-0.3, -0.25) is 19.7 Å². The van der Waals surface area contributed by atoms with Gasteiger partial charge >= 0.3 is 0 Å². The van der Waals surface area contributed by atoms with Crippen molar-refractivity contribution < 1.29 is 14.5 Å². The van der Waals surface area contributed by atoms with Crippen molar-refractivity contribution in [2.45, 2.75) is 6.92 Å². The van der Waals surface area contributed by atoms with Gasteiger partial charge in [-0.05, 0) is 36.4 Å². The molecule has 0 bridgehead atoms. The molecule has 2 rings (SSSR count). The summed E-state index contributed by atoms with van der Waals surface area (Å²) in [4.78, 5) is 33.2. The Morgan fingerprint density at radius 3 is 2.00 bits per heavy atom. The number of carbonyl (C=O) groups is 2. The van der Waals surface area contributed by atoms with E-state index in [-0.39, 0.29) is 17.2 Å². The molecule has 0 aliphatic heterocycles. The van der Waals surface area contributed by atoms with Crippen molar-refractivity contribution in [2.75, 3.05) is 16.0 Å². The van der Waals surface area contributed by atoms with Crippen LogP contribution < -0.4 is 16.0 Å². The van der Waals surface area contributed by atoms with Crippen LogP contribution >= 0.6 is 0 Å². The zero-order chi connectivity index (χ0) is 19.8. The molecule has 9 heteroatoms. The van der Waals surface area contributed by atoms with Crippen molar-refractivity contribution in [3.63, 3.8) is 0 Å². The van der Waals surface area contributed by atoms with Gasteiger partial charge < -0.3 is 16.0 Å². The van der Waals surface area contributed by atoms with E-state index in [0.29, 0.717) is 17.1 Å². The molecule has 0 fully saturated rings. The molecule has 2 aromatic carbocycles. The summed E-state index contributed by atoms with van der Waals surface area (Å²) in [6, 6.07) is 13.7. The lowest BCUT2D eigenvalue weighted by molar-refractivity contribution is -0.384. The number of amides is 2. The van der Waals surface area contributed by atoms with Gasteiger partial charge in [0.25, 0.3) is 11.6 Å². The molecule has 0 heterocycles. The molecule has 0 aliphatic carbocycles. The van der Waals surface area contributed by atoms with E-state index in [1.54, 1.807) is 30.3 Å². The average molecular weight is 365 g/mol. The van der Waals surface area contributed by atoms with Crippen LogP contribution in [0.5, 0.6) is 0 Å². The monoisotopic (exact) mass is 365 g/mol. The molecule has 2 amide bonds. The van der Waals surface area contributed by atoms with Crippen molar-refractivity contribution in [3.05, 3.63) is 70.4 Å². The third-order valence-corrected chi connectivity index (χ3v) is 3.29. The van der Waals surface area contributed by atoms with Gasteiger partial charge in [-0.25, -0.2) is 0 Å². The number of benzene rings is 2. The molecule has 136 valence electrons. The Morgan fingerprint density at radius 2 is 1.52 bits per heavy atom. The number of anilines is 3. The molecule has 9 nitrogen and oxygen atoms in total. The maximum atomic E-state index is 12.2. The summed E-state index contributed by atoms with van der Waals surface area (Å²) < 4.78 is 0. The number of nitro groups is 1. The number of carbonyl (C=O) groups excluding carboxylic acids is 2. The molecule has 0 aliphatic rings. The molecule has 0 saturated carbocycles. The van der Waals surface area contributed by atoms with Crippen LogP contribution in [0, 0.1) is 21.4 Å². The number of nitrogens with one attached hydrogen (secondary N) is 3. The SMILES string of the molecule is CC(=O)Nc1ccc(NC(=O)/C(C#N)=C\Nc2ccc([N+](=O)[O-])cc2)cc1. The van der Waals surface area contributed by atoms with Gasteiger partial charge in [-0.15, -0.1) is 0 Å². The first-order chi connectivity index (χ1) is 12.9. The van der Waals surface area contributed by atoms with Crippen molar-refractivity contribution >= 4 is 34.6 Å². The predicted octanol–water partition coefficient (Wildman–Crippen LogP) is 3.01. The third kappa shape index (κ3) is 5.68. The van der Waals surface area contributed by atoms with E-state index in [9.17, 15) is 19.7 Å². The number of nitro benzene ring substituents is 1. The highest BCUT2D eigenvalue weighted by atomic mass is 16.6. The van der Waals surface area contributed by atoms with Crippen molar-refractivity contribution in [2.24, 2.45) is 0 Å². The molecule has 2 aromatic rings. The van der Waals surface area contributed by atoms with Crippen LogP contribution in [-0.2, 0) is 9.59 Å². The van der Waals surface area contributed by atoms with Gasteiger partial charge in [0.15, 0.2) is 0 Å². The summed E-state index contributed by atoms with van der Waals surface area (Å²) in [5, 5.41) is 27.7. The van der Waals surface area contributed by atoms with E-state index >= 15 is 0 Å². The number of rotatable bonds is 6. The fraction of sp³-hybridized carbons (Fsp3) is 0.0556. The van der Waals surface area contributed by atoms with Gasteiger partial charge in [-0.2, -0.15) is 5.26 Å². The minimum absolute atomic E-state index is 0.0644. The first kappa shape index (κ1) is 19.1. The van der Waals surface area contributed by atoms with E-state index < -0.39 is 10.8 Å². The first-order valence-corrected chi connectivity index (χ1v) is 7.69. The Kier molecular flexibility index (Phi) is 6.22. The molecule has 3 N–H and O–H groups in total. The Morgan fingerprint density at radius 1 is 1.00 bits per heavy atom. The standard InChI is InChI=1S/C18H15N5O4/c1-12(24)21-15-2-4-16(5-3-15)22-18(25)13(10-19)11-20-14-6-8-17(9-7-14)23(26)27/h2-9,11,20H,1H3,(H,21,24)(H,22,25)/b13-11-. The fourth-order valence-electron chi connectivity index (χ4n) is 2.02. The third-order valence-electron chi connectivity index (χ3n) is 3.29. The topological polar surface area (TPSA) is 137 Å². The largest absolute Gasteiger partial charge is 0.360 e. The summed E-state index contributed by atoms with van der Waals surface area (Å²) in [5.41, 5.74) is 1.27. The van der Waals surface area contributed by atoms with E-state index in [1.807, 2.05) is 0 Å². The van der Waals surface area contributed by atoms with Crippen molar-refractivity contribution in [3.8, 4) is 6.07 Å². The Balaban J connectivity index is 2.02. The van der Waals surface area contributed by atoms with Crippen LogP contribution in [0.2, 0.25) is 0 Å². The van der Waals surface area contributed by atoms with E-state index in [1.165, 1.54) is 37.4 Å². The second kappa shape index (κ2) is 8.77. The van der Waals surface area contributed by atoms with Crippen LogP contribution in [0.25, 0.3) is 0 Å². The average Bonchev–Trinajstić information content (AvgIpc) is 2.64. The molecule has 0 spiro atoms. The van der Waals surface area contributed by atoms with Crippen LogP contribution in [-0.4, -0.2) is 16.7 Å². The summed E-state index contributed by atoms with van der Waals surface area (Å²) in [5.74, 6) is -0.835. The summed E-state index contributed by atoms with van der Waals surface area (Å²) in [6.07, 6.45) is 1.21. The smallest absolute Gasteiger partial charge is 0.269 e. The lowest BCUT2D eigenvalue weighted by Crippen LogP contribution is -2.14. The molecular formula is C18H15N5O4. The zero-order valence-electron chi connectivity index (χ0n) is 14.2. The van der Waals surface area contributed by atoms with E-state index in [2.05, 4.69) is 16.0 Å². The second-order valence-corrected chi connectivity index (χ2v) is 5.33. The van der Waals surface area contributed by atoms with Crippen molar-refractivity contribution in [1.82, 2.24) is 0 Å². The second-order valence-electron chi connectivity index (χ2n) is 5.33. The maximum absolute atomic E-state index is 12.2. The fourth-order valence-corrected chi connectivity index (χ4v) is 2.02. The van der Waals surface area contributed by atoms with Gasteiger partial charge in [0, 0.05) is 42.3 Å². The van der Waals surface area contributed by atoms with Gasteiger partial charge in [-0.1, -0.05) is 0 Å². The highest BCUT2D eigenvalue weighted by molar-refractivity contribution is 6.06. The normalized spacial score (nSPS) is 10.4. The summed E-state index contributed by atoms with van der Waals surface area (Å²) in [6.45, 7) is 1.39. The Bertz CT molecular complexity index is 928. The molecule has 0 saturated heterocycles. The lowest BCUT2D eigenvalue weighted by atomic mass is 10.2. The van der Waals surface area contributed by atoms with Crippen LogP contribution in [0.15, 0.2) is 60.3 Å². The molecule has 27 heavy (non-hydrogen) atoms. The molecule has 0 atom stereocenters. The quantitative estimate of drug-likeness (QED) is 0.311. The minimum Gasteiger partial charge on any atom is -0.360 e. The zero-order valence-corrected chi connectivity index (χ0v) is 14.2. The Labute approximate surface area is 154 Å². The van der Waals surface area contributed by atoms with Crippen molar-refractivity contribution in [1.29, 1.82) is 5.26 Å². The van der Waals surface area contributed by atoms with Crippen LogP contribution in [0.1, 0.15) is 6.92 Å². The maximum Gasteiger partial charge on any atom is 0.269 e. The predicted molar refractivity (Wildman–Crippen MR) is 99.8 cm³/mol. The molecule has 0 unspecified atom stereocenters. The number of nitrogens with zero attached hydrogens (tertiary/aromatic N) is 2. The number of hydrogen-bond donors (Lipinski definition) is 3. The first-order valence-electron chi connectivity index (χ1n) is 7.69. The lowest BCUT2D eigenvalue weighted by Gasteiger charge is -2.07. The highest BCUT2D eigenvalue weighted by Gasteiger charge is 2.10. The van der Waals surface area contributed by atoms with Gasteiger partial charge in [0.05, 0.1) is 4.92 Å². The van der Waals surface area contributed by atoms with Crippen LogP contribution in [0.4, 0.5) is 22.7 Å². The van der Waals surface area contributed by atoms with E-state index in [0.717, 1.165) is 0 Å². The summed E-state index contributed by atoms with van der Waals surface area (Å²) >= 11 is 0. The highest BCUT2D eigenvalue weighted by Crippen LogP contribution is 2.17. The Hall–Kier alpha value is -4.19. The number of hydrogen-bond acceptors (Lipinski definition) is 6. The number of non-ortho nitro benzene ring substituents is 1. The molecule has 0 radical (unpaired) electrons. The van der Waals surface area contributed by atoms with Crippen LogP contribution in [0.3, 0.4) is 0 Å².